The van der Waals surface area contributed by atoms with Crippen molar-refractivity contribution in [1.29, 1.82) is 0 Å². The second-order valence-corrected chi connectivity index (χ2v) is 7.27. The van der Waals surface area contributed by atoms with E-state index in [4.69, 9.17) is 10.5 Å². The lowest BCUT2D eigenvalue weighted by atomic mass is 10.0. The third kappa shape index (κ3) is 5.10. The second-order valence-electron chi connectivity index (χ2n) is 7.27. The molecular weight excluding hydrogens is 352 g/mol. The maximum Gasteiger partial charge on any atom is 0.271 e. The van der Waals surface area contributed by atoms with Gasteiger partial charge < -0.3 is 15.4 Å². The second kappa shape index (κ2) is 9.37. The molecule has 148 valence electrons. The normalized spacial score (nSPS) is 15.3. The smallest absolute Gasteiger partial charge is 0.271 e. The minimum absolute atomic E-state index is 0.258. The fourth-order valence-corrected chi connectivity index (χ4v) is 3.54. The lowest BCUT2D eigenvalue weighted by molar-refractivity contribution is -0.918. The first-order chi connectivity index (χ1) is 13.6. The summed E-state index contributed by atoms with van der Waals surface area (Å²) < 4.78 is 5.55. The first-order valence-corrected chi connectivity index (χ1v) is 9.78. The number of hydrazone groups is 1. The summed E-state index contributed by atoms with van der Waals surface area (Å²) >= 11 is 0. The molecule has 1 heterocycles. The first kappa shape index (κ1) is 19.9. The van der Waals surface area contributed by atoms with Crippen LogP contribution in [0.2, 0.25) is 0 Å². The Kier molecular flexibility index (Phi) is 6.66. The fraction of sp³-hybridized carbons (Fsp3) is 0.364. The lowest BCUT2D eigenvalue weighted by Gasteiger charge is -2.24. The number of methoxy groups -OCH3 is 1. The molecule has 1 amide bonds. The van der Waals surface area contributed by atoms with Crippen molar-refractivity contribution in [2.75, 3.05) is 25.9 Å². The van der Waals surface area contributed by atoms with Crippen LogP contribution in [0.5, 0.6) is 5.75 Å². The number of benzene rings is 2. The van der Waals surface area contributed by atoms with Crippen LogP contribution in [-0.2, 0) is 6.54 Å². The van der Waals surface area contributed by atoms with Crippen molar-refractivity contribution >= 4 is 17.3 Å². The van der Waals surface area contributed by atoms with E-state index in [1.807, 2.05) is 19.1 Å². The summed E-state index contributed by atoms with van der Waals surface area (Å²) in [4.78, 5) is 13.8. The van der Waals surface area contributed by atoms with Crippen LogP contribution in [0.3, 0.4) is 0 Å². The highest BCUT2D eigenvalue weighted by Crippen LogP contribution is 2.20. The molecule has 3 rings (SSSR count). The Balaban J connectivity index is 1.72. The van der Waals surface area contributed by atoms with E-state index in [9.17, 15) is 4.79 Å². The molecule has 0 bridgehead atoms. The molecule has 4 N–H and O–H groups in total. The van der Waals surface area contributed by atoms with Crippen molar-refractivity contribution < 1.29 is 14.4 Å². The van der Waals surface area contributed by atoms with E-state index in [-0.39, 0.29) is 5.91 Å². The molecule has 0 radical (unpaired) electrons. The highest BCUT2D eigenvalue weighted by molar-refractivity contribution is 6.01. The topological polar surface area (TPSA) is 81.1 Å². The average molecular weight is 382 g/mol. The molecule has 0 saturated carbocycles. The number of nitrogens with two attached hydrogens (primary N) is 1. The summed E-state index contributed by atoms with van der Waals surface area (Å²) in [6, 6.07) is 12.8. The van der Waals surface area contributed by atoms with Crippen molar-refractivity contribution in [3.8, 4) is 5.75 Å². The minimum atomic E-state index is -0.258. The number of hydrogen-bond acceptors (Lipinski definition) is 4. The SMILES string of the molecule is COc1ccc(/C(C)=N\NC(=O)c2ccc(N)cc2)cc1C[NH+]1CCCCC1. The van der Waals surface area contributed by atoms with Gasteiger partial charge in [0, 0.05) is 16.8 Å². The Morgan fingerprint density at radius 1 is 1.11 bits per heavy atom. The molecule has 2 aromatic carbocycles. The van der Waals surface area contributed by atoms with Gasteiger partial charge in [-0.15, -0.1) is 0 Å². The number of likely N-dealkylation sites (tertiary alicyclic amines) is 1. The Bertz CT molecular complexity index is 840. The molecular formula is C22H29N4O2+. The quantitative estimate of drug-likeness (QED) is 0.407. The average Bonchev–Trinajstić information content (AvgIpc) is 2.73. The van der Waals surface area contributed by atoms with Crippen LogP contribution in [0.1, 0.15) is 47.7 Å². The van der Waals surface area contributed by atoms with Crippen molar-refractivity contribution in [3.63, 3.8) is 0 Å². The van der Waals surface area contributed by atoms with Gasteiger partial charge in [-0.2, -0.15) is 5.10 Å². The van der Waals surface area contributed by atoms with Crippen molar-refractivity contribution in [1.82, 2.24) is 5.43 Å². The van der Waals surface area contributed by atoms with Gasteiger partial charge in [-0.3, -0.25) is 4.79 Å². The zero-order valence-electron chi connectivity index (χ0n) is 16.6. The molecule has 28 heavy (non-hydrogen) atoms. The Hall–Kier alpha value is -2.86. The predicted octanol–water partition coefficient (Wildman–Crippen LogP) is 2.00. The number of carbonyl (C=O) groups is 1. The maximum absolute atomic E-state index is 12.2. The number of nitrogen functional groups attached to an aromatic ring is 1. The molecule has 0 atom stereocenters. The molecule has 1 fully saturated rings. The third-order valence-corrected chi connectivity index (χ3v) is 5.20. The highest BCUT2D eigenvalue weighted by Gasteiger charge is 2.17. The summed E-state index contributed by atoms with van der Waals surface area (Å²) in [5, 5.41) is 4.27. The lowest BCUT2D eigenvalue weighted by Crippen LogP contribution is -3.11. The Morgan fingerprint density at radius 3 is 2.46 bits per heavy atom. The van der Waals surface area contributed by atoms with Crippen LogP contribution < -0.4 is 20.8 Å². The van der Waals surface area contributed by atoms with Gasteiger partial charge in [-0.05, 0) is 74.2 Å². The van der Waals surface area contributed by atoms with Gasteiger partial charge in [-0.25, -0.2) is 5.43 Å². The minimum Gasteiger partial charge on any atom is -0.496 e. The number of ether oxygens (including phenoxy) is 1. The van der Waals surface area contributed by atoms with Crippen molar-refractivity contribution in [2.45, 2.75) is 32.7 Å². The summed E-state index contributed by atoms with van der Waals surface area (Å²) in [5.41, 5.74) is 12.3. The van der Waals surface area contributed by atoms with Gasteiger partial charge in [0.1, 0.15) is 12.3 Å². The van der Waals surface area contributed by atoms with Gasteiger partial charge in [0.15, 0.2) is 0 Å². The molecule has 0 unspecified atom stereocenters. The van der Waals surface area contributed by atoms with Crippen LogP contribution in [0.25, 0.3) is 0 Å². The van der Waals surface area contributed by atoms with E-state index in [0.717, 1.165) is 23.6 Å². The van der Waals surface area contributed by atoms with E-state index in [0.29, 0.717) is 11.3 Å². The zero-order chi connectivity index (χ0) is 19.9. The monoisotopic (exact) mass is 381 g/mol. The standard InChI is InChI=1S/C22H28N4O2/c1-16(24-25-22(27)17-6-9-20(23)10-7-17)18-8-11-21(28-2)19(14-18)15-26-12-4-3-5-13-26/h6-11,14H,3-5,12-13,15,23H2,1-2H3,(H,25,27)/p+1/b24-16-. The van der Waals surface area contributed by atoms with Gasteiger partial charge in [0.2, 0.25) is 0 Å². The van der Waals surface area contributed by atoms with Crippen molar-refractivity contribution in [3.05, 3.63) is 59.2 Å². The summed E-state index contributed by atoms with van der Waals surface area (Å²) in [6.45, 7) is 5.25. The van der Waals surface area contributed by atoms with E-state index in [1.54, 1.807) is 36.3 Å². The molecule has 6 heteroatoms. The molecule has 1 aliphatic rings. The molecule has 1 saturated heterocycles. The summed E-state index contributed by atoms with van der Waals surface area (Å²) in [5.74, 6) is 0.645. The molecule has 6 nitrogen and oxygen atoms in total. The maximum atomic E-state index is 12.2. The van der Waals surface area contributed by atoms with E-state index in [1.165, 1.54) is 37.9 Å². The van der Waals surface area contributed by atoms with Crippen LogP contribution in [-0.4, -0.2) is 31.8 Å². The van der Waals surface area contributed by atoms with Crippen LogP contribution in [0, 0.1) is 0 Å². The number of nitrogens with zero attached hydrogens (tertiary/aromatic N) is 1. The number of carbonyl (C=O) groups excluding carboxylic acids is 1. The van der Waals surface area contributed by atoms with Crippen molar-refractivity contribution in [2.24, 2.45) is 5.10 Å². The van der Waals surface area contributed by atoms with Crippen LogP contribution >= 0.6 is 0 Å². The van der Waals surface area contributed by atoms with E-state index < -0.39 is 0 Å². The zero-order valence-corrected chi connectivity index (χ0v) is 16.6. The number of nitrogens with one attached hydrogen (secondary N) is 2. The summed E-state index contributed by atoms with van der Waals surface area (Å²) in [6.07, 6.45) is 3.91. The number of amides is 1. The summed E-state index contributed by atoms with van der Waals surface area (Å²) in [7, 11) is 1.71. The molecule has 0 aromatic heterocycles. The molecule has 0 spiro atoms. The molecule has 2 aromatic rings. The molecule has 1 aliphatic heterocycles. The predicted molar refractivity (Wildman–Crippen MR) is 112 cm³/mol. The fourth-order valence-electron chi connectivity index (χ4n) is 3.54. The van der Waals surface area contributed by atoms with Gasteiger partial charge in [0.25, 0.3) is 5.91 Å². The highest BCUT2D eigenvalue weighted by atomic mass is 16.5. The largest absolute Gasteiger partial charge is 0.496 e. The van der Waals surface area contributed by atoms with E-state index >= 15 is 0 Å². The first-order valence-electron chi connectivity index (χ1n) is 9.78. The number of quaternary nitrogens is 1. The number of hydrogen-bond donors (Lipinski definition) is 3. The van der Waals surface area contributed by atoms with Gasteiger partial charge in [-0.1, -0.05) is 0 Å². The van der Waals surface area contributed by atoms with Gasteiger partial charge >= 0.3 is 0 Å². The van der Waals surface area contributed by atoms with Crippen LogP contribution in [0.4, 0.5) is 5.69 Å². The Labute approximate surface area is 166 Å². The van der Waals surface area contributed by atoms with Crippen LogP contribution in [0.15, 0.2) is 47.6 Å². The Morgan fingerprint density at radius 2 is 1.79 bits per heavy atom. The van der Waals surface area contributed by atoms with Gasteiger partial charge in [0.05, 0.1) is 25.9 Å². The molecule has 0 aliphatic carbocycles. The number of anilines is 1. The van der Waals surface area contributed by atoms with E-state index in [2.05, 4.69) is 16.6 Å². The number of rotatable bonds is 6. The number of piperidine rings is 1. The third-order valence-electron chi connectivity index (χ3n) is 5.20.